The highest BCUT2D eigenvalue weighted by Crippen LogP contribution is 2.30. The number of hydrogen-bond donors (Lipinski definition) is 0. The van der Waals surface area contributed by atoms with Crippen molar-refractivity contribution in [2.45, 2.75) is 43.0 Å². The minimum absolute atomic E-state index is 0.166. The Kier molecular flexibility index (Phi) is 4.13. The van der Waals surface area contributed by atoms with E-state index in [1.54, 1.807) is 15.8 Å². The zero-order chi connectivity index (χ0) is 12.5. The lowest BCUT2D eigenvalue weighted by Crippen LogP contribution is -2.34. The molecular weight excluding hydrogens is 278 g/mol. The first-order valence-corrected chi connectivity index (χ1v) is 8.60. The Morgan fingerprint density at radius 2 is 2.35 bits per heavy atom. The van der Waals surface area contributed by atoms with Gasteiger partial charge in [-0.2, -0.15) is 4.31 Å². The summed E-state index contributed by atoms with van der Waals surface area (Å²) >= 11 is 7.11. The Bertz CT molecular complexity index is 483. The highest BCUT2D eigenvalue weighted by atomic mass is 35.5. The van der Waals surface area contributed by atoms with E-state index in [0.717, 1.165) is 24.1 Å². The summed E-state index contributed by atoms with van der Waals surface area (Å²) < 4.78 is 26.5. The third-order valence-corrected chi connectivity index (χ3v) is 6.62. The van der Waals surface area contributed by atoms with Gasteiger partial charge in [0.25, 0.3) is 0 Å². The molecule has 1 aliphatic rings. The second-order valence-electron chi connectivity index (χ2n) is 4.20. The molecule has 1 aliphatic heterocycles. The Balaban J connectivity index is 2.29. The molecule has 0 N–H and O–H groups in total. The van der Waals surface area contributed by atoms with Crippen molar-refractivity contribution in [3.05, 3.63) is 16.3 Å². The monoisotopic (exact) mass is 293 g/mol. The average molecular weight is 294 g/mol. The first kappa shape index (κ1) is 13.3. The molecule has 1 aromatic rings. The highest BCUT2D eigenvalue weighted by Gasteiger charge is 2.34. The Morgan fingerprint density at radius 1 is 1.59 bits per heavy atom. The summed E-state index contributed by atoms with van der Waals surface area (Å²) in [6, 6.07) is 1.86. The van der Waals surface area contributed by atoms with Crippen LogP contribution in [0.15, 0.2) is 16.3 Å². The van der Waals surface area contributed by atoms with E-state index >= 15 is 0 Å². The van der Waals surface area contributed by atoms with Crippen molar-refractivity contribution in [3.8, 4) is 0 Å². The fourth-order valence-electron chi connectivity index (χ4n) is 2.23. The van der Waals surface area contributed by atoms with Crippen LogP contribution in [0.1, 0.15) is 31.1 Å². The number of rotatable bonds is 4. The smallest absolute Gasteiger partial charge is 0.207 e. The SMILES string of the molecule is CCC1CCCN1S(=O)(=O)c1csc(CCl)c1. The lowest BCUT2D eigenvalue weighted by atomic mass is 10.2. The number of hydrogen-bond acceptors (Lipinski definition) is 3. The molecular formula is C11H16ClNO2S2. The quantitative estimate of drug-likeness (QED) is 0.800. The predicted octanol–water partition coefficient (Wildman–Crippen LogP) is 3.05. The van der Waals surface area contributed by atoms with Crippen molar-refractivity contribution >= 4 is 33.0 Å². The van der Waals surface area contributed by atoms with E-state index < -0.39 is 10.0 Å². The molecule has 0 aromatic carbocycles. The van der Waals surface area contributed by atoms with Gasteiger partial charge in [-0.25, -0.2) is 8.42 Å². The number of sulfonamides is 1. The molecule has 1 aromatic heterocycles. The van der Waals surface area contributed by atoms with Gasteiger partial charge in [-0.3, -0.25) is 0 Å². The standard InChI is InChI=1S/C11H16ClNO2S2/c1-2-9-4-3-5-13(9)17(14,15)11-6-10(7-12)16-8-11/h6,8-9H,2-5,7H2,1H3. The highest BCUT2D eigenvalue weighted by molar-refractivity contribution is 7.89. The van der Waals surface area contributed by atoms with Gasteiger partial charge in [0.2, 0.25) is 10.0 Å². The molecule has 0 radical (unpaired) electrons. The summed E-state index contributed by atoms with van der Waals surface area (Å²) in [5.41, 5.74) is 0. The molecule has 0 bridgehead atoms. The normalized spacial score (nSPS) is 22.1. The summed E-state index contributed by atoms with van der Waals surface area (Å²) in [5, 5.41) is 1.69. The van der Waals surface area contributed by atoms with Crippen LogP contribution >= 0.6 is 22.9 Å². The molecule has 0 amide bonds. The molecule has 96 valence electrons. The Hall–Kier alpha value is -0.100. The van der Waals surface area contributed by atoms with E-state index in [-0.39, 0.29) is 6.04 Å². The lowest BCUT2D eigenvalue weighted by Gasteiger charge is -2.22. The maximum Gasteiger partial charge on any atom is 0.244 e. The third kappa shape index (κ3) is 2.52. The van der Waals surface area contributed by atoms with Crippen molar-refractivity contribution in [1.82, 2.24) is 4.31 Å². The summed E-state index contributed by atoms with van der Waals surface area (Å²) in [5.74, 6) is 0.372. The van der Waals surface area contributed by atoms with E-state index in [1.807, 2.05) is 6.92 Å². The molecule has 1 saturated heterocycles. The summed E-state index contributed by atoms with van der Waals surface area (Å²) in [6.45, 7) is 2.68. The lowest BCUT2D eigenvalue weighted by molar-refractivity contribution is 0.380. The minimum Gasteiger partial charge on any atom is -0.207 e. The van der Waals surface area contributed by atoms with Gasteiger partial charge < -0.3 is 0 Å². The van der Waals surface area contributed by atoms with E-state index in [9.17, 15) is 8.42 Å². The fourth-order valence-corrected chi connectivity index (χ4v) is 5.38. The maximum absolute atomic E-state index is 12.4. The molecule has 6 heteroatoms. The second kappa shape index (κ2) is 5.26. The Labute approximate surface area is 111 Å². The van der Waals surface area contributed by atoms with Gasteiger partial charge >= 0.3 is 0 Å². The number of nitrogens with zero attached hydrogens (tertiary/aromatic N) is 1. The summed E-state index contributed by atoms with van der Waals surface area (Å²) in [4.78, 5) is 1.30. The maximum atomic E-state index is 12.4. The van der Waals surface area contributed by atoms with Crippen molar-refractivity contribution in [1.29, 1.82) is 0 Å². The summed E-state index contributed by atoms with van der Waals surface area (Å²) in [7, 11) is -3.30. The van der Waals surface area contributed by atoms with Crippen LogP contribution in [0.3, 0.4) is 0 Å². The Morgan fingerprint density at radius 3 is 2.94 bits per heavy atom. The van der Waals surface area contributed by atoms with E-state index in [0.29, 0.717) is 17.3 Å². The van der Waals surface area contributed by atoms with E-state index in [4.69, 9.17) is 11.6 Å². The van der Waals surface area contributed by atoms with Gasteiger partial charge in [0.15, 0.2) is 0 Å². The molecule has 1 atom stereocenters. The first-order valence-electron chi connectivity index (χ1n) is 5.74. The van der Waals surface area contributed by atoms with Gasteiger partial charge in [0.05, 0.1) is 10.8 Å². The molecule has 2 heterocycles. The van der Waals surface area contributed by atoms with Gasteiger partial charge in [-0.1, -0.05) is 6.92 Å². The number of halogens is 1. The van der Waals surface area contributed by atoms with E-state index in [2.05, 4.69) is 0 Å². The molecule has 2 rings (SSSR count). The van der Waals surface area contributed by atoms with Crippen LogP contribution in [0.5, 0.6) is 0 Å². The zero-order valence-corrected chi connectivity index (χ0v) is 12.1. The van der Waals surface area contributed by atoms with Gasteiger partial charge in [-0.05, 0) is 25.3 Å². The van der Waals surface area contributed by atoms with Crippen molar-refractivity contribution < 1.29 is 8.42 Å². The second-order valence-corrected chi connectivity index (χ2v) is 7.36. The molecule has 1 fully saturated rings. The van der Waals surface area contributed by atoms with Gasteiger partial charge in [0.1, 0.15) is 0 Å². The third-order valence-electron chi connectivity index (χ3n) is 3.16. The fraction of sp³-hybridized carbons (Fsp3) is 0.636. The van der Waals surface area contributed by atoms with Crippen LogP contribution in [0, 0.1) is 0 Å². The van der Waals surface area contributed by atoms with Crippen LogP contribution in [0.25, 0.3) is 0 Å². The van der Waals surface area contributed by atoms with Crippen LogP contribution in [-0.2, 0) is 15.9 Å². The predicted molar refractivity (Wildman–Crippen MR) is 71.1 cm³/mol. The van der Waals surface area contributed by atoms with Crippen LogP contribution in [0.4, 0.5) is 0 Å². The largest absolute Gasteiger partial charge is 0.244 e. The summed E-state index contributed by atoms with van der Waals surface area (Å²) in [6.07, 6.45) is 2.82. The van der Waals surface area contributed by atoms with Crippen molar-refractivity contribution in [2.75, 3.05) is 6.54 Å². The molecule has 1 unspecified atom stereocenters. The first-order chi connectivity index (χ1) is 8.09. The molecule has 17 heavy (non-hydrogen) atoms. The van der Waals surface area contributed by atoms with E-state index in [1.165, 1.54) is 11.3 Å². The zero-order valence-electron chi connectivity index (χ0n) is 9.73. The number of alkyl halides is 1. The average Bonchev–Trinajstić information content (AvgIpc) is 2.97. The van der Waals surface area contributed by atoms with Crippen LogP contribution in [0.2, 0.25) is 0 Å². The van der Waals surface area contributed by atoms with Crippen molar-refractivity contribution in [2.24, 2.45) is 0 Å². The van der Waals surface area contributed by atoms with Crippen LogP contribution in [-0.4, -0.2) is 25.3 Å². The molecule has 3 nitrogen and oxygen atoms in total. The van der Waals surface area contributed by atoms with Gasteiger partial charge in [0, 0.05) is 22.8 Å². The van der Waals surface area contributed by atoms with Crippen LogP contribution < -0.4 is 0 Å². The topological polar surface area (TPSA) is 37.4 Å². The minimum atomic E-state index is -3.30. The molecule has 0 aliphatic carbocycles. The number of thiophene rings is 1. The molecule has 0 saturated carbocycles. The molecule has 0 spiro atoms. The van der Waals surface area contributed by atoms with Gasteiger partial charge in [-0.15, -0.1) is 22.9 Å². The van der Waals surface area contributed by atoms with Crippen molar-refractivity contribution in [3.63, 3.8) is 0 Å².